The molecule has 2 heterocycles. The highest BCUT2D eigenvalue weighted by Gasteiger charge is 2.10. The zero-order chi connectivity index (χ0) is 18.6. The molecule has 2 amide bonds. The van der Waals surface area contributed by atoms with Gasteiger partial charge in [0.05, 0.1) is 11.8 Å². The second-order valence-electron chi connectivity index (χ2n) is 5.79. The summed E-state index contributed by atoms with van der Waals surface area (Å²) in [5.41, 5.74) is 2.74. The summed E-state index contributed by atoms with van der Waals surface area (Å²) < 4.78 is 6.59. The Bertz CT molecular complexity index is 1080. The molecule has 0 bridgehead atoms. The SMILES string of the molecule is O=C(Cn1nnc2ccccc21)Nc1ccc(NC(=O)c2ccco2)cc1. The number of rotatable bonds is 5. The summed E-state index contributed by atoms with van der Waals surface area (Å²) in [6.45, 7) is 0.0531. The Morgan fingerprint density at radius 1 is 0.926 bits per heavy atom. The van der Waals surface area contributed by atoms with Crippen molar-refractivity contribution in [3.8, 4) is 0 Å². The van der Waals surface area contributed by atoms with Crippen molar-refractivity contribution in [2.45, 2.75) is 6.54 Å². The fourth-order valence-corrected chi connectivity index (χ4v) is 2.61. The number of hydrogen-bond donors (Lipinski definition) is 2. The predicted molar refractivity (Wildman–Crippen MR) is 99.3 cm³/mol. The molecule has 27 heavy (non-hydrogen) atoms. The molecule has 0 unspecified atom stereocenters. The molecular weight excluding hydrogens is 346 g/mol. The van der Waals surface area contributed by atoms with Crippen LogP contribution in [0.4, 0.5) is 11.4 Å². The summed E-state index contributed by atoms with van der Waals surface area (Å²) in [6, 6.07) is 17.5. The van der Waals surface area contributed by atoms with Gasteiger partial charge in [0.25, 0.3) is 5.91 Å². The molecule has 0 spiro atoms. The Morgan fingerprint density at radius 2 is 1.67 bits per heavy atom. The summed E-state index contributed by atoms with van der Waals surface area (Å²) in [5.74, 6) is -0.333. The van der Waals surface area contributed by atoms with E-state index in [2.05, 4.69) is 20.9 Å². The standard InChI is InChI=1S/C19H15N5O3/c25-18(12-24-16-5-2-1-4-15(16)22-23-24)20-13-7-9-14(10-8-13)21-19(26)17-6-3-11-27-17/h1-11H,12H2,(H,20,25)(H,21,26). The zero-order valence-corrected chi connectivity index (χ0v) is 14.1. The molecule has 134 valence electrons. The van der Waals surface area contributed by atoms with Crippen molar-refractivity contribution in [2.75, 3.05) is 10.6 Å². The summed E-state index contributed by atoms with van der Waals surface area (Å²) in [5, 5.41) is 13.5. The van der Waals surface area contributed by atoms with E-state index in [1.54, 1.807) is 41.1 Å². The quantitative estimate of drug-likeness (QED) is 0.569. The molecule has 2 N–H and O–H groups in total. The van der Waals surface area contributed by atoms with Crippen molar-refractivity contribution in [2.24, 2.45) is 0 Å². The molecule has 8 heteroatoms. The fourth-order valence-electron chi connectivity index (χ4n) is 2.61. The normalized spacial score (nSPS) is 10.7. The Labute approximate surface area is 153 Å². The van der Waals surface area contributed by atoms with Gasteiger partial charge in [-0.15, -0.1) is 5.10 Å². The van der Waals surface area contributed by atoms with Crippen LogP contribution in [0.5, 0.6) is 0 Å². The van der Waals surface area contributed by atoms with Crippen LogP contribution < -0.4 is 10.6 Å². The third-order valence-corrected chi connectivity index (χ3v) is 3.89. The number of fused-ring (bicyclic) bond motifs is 1. The van der Waals surface area contributed by atoms with Gasteiger partial charge in [0.1, 0.15) is 12.1 Å². The Kier molecular flexibility index (Phi) is 4.36. The molecule has 0 aliphatic heterocycles. The van der Waals surface area contributed by atoms with Crippen LogP contribution in [0.2, 0.25) is 0 Å². The lowest BCUT2D eigenvalue weighted by Crippen LogP contribution is -2.19. The second-order valence-corrected chi connectivity index (χ2v) is 5.79. The molecule has 0 saturated heterocycles. The van der Waals surface area contributed by atoms with Crippen LogP contribution in [0.15, 0.2) is 71.3 Å². The predicted octanol–water partition coefficient (Wildman–Crippen LogP) is 2.92. The van der Waals surface area contributed by atoms with E-state index >= 15 is 0 Å². The van der Waals surface area contributed by atoms with E-state index in [0.29, 0.717) is 11.4 Å². The number of anilines is 2. The van der Waals surface area contributed by atoms with Gasteiger partial charge in [0.2, 0.25) is 5.91 Å². The third-order valence-electron chi connectivity index (χ3n) is 3.89. The van der Waals surface area contributed by atoms with Gasteiger partial charge >= 0.3 is 0 Å². The van der Waals surface area contributed by atoms with E-state index < -0.39 is 0 Å². The van der Waals surface area contributed by atoms with Gasteiger partial charge in [0, 0.05) is 11.4 Å². The third kappa shape index (κ3) is 3.69. The molecule has 2 aromatic carbocycles. The zero-order valence-electron chi connectivity index (χ0n) is 14.1. The van der Waals surface area contributed by atoms with Crippen molar-refractivity contribution in [1.29, 1.82) is 0 Å². The molecule has 0 aliphatic carbocycles. The van der Waals surface area contributed by atoms with Crippen molar-refractivity contribution in [3.05, 3.63) is 72.7 Å². The molecule has 0 radical (unpaired) electrons. The molecule has 0 fully saturated rings. The van der Waals surface area contributed by atoms with Crippen LogP contribution >= 0.6 is 0 Å². The topological polar surface area (TPSA) is 102 Å². The first-order valence-electron chi connectivity index (χ1n) is 8.22. The van der Waals surface area contributed by atoms with Crippen LogP contribution in [-0.2, 0) is 11.3 Å². The summed E-state index contributed by atoms with van der Waals surface area (Å²) in [7, 11) is 0. The number of carbonyl (C=O) groups excluding carboxylic acids is 2. The maximum Gasteiger partial charge on any atom is 0.291 e. The van der Waals surface area contributed by atoms with Crippen molar-refractivity contribution < 1.29 is 14.0 Å². The molecule has 4 aromatic rings. The van der Waals surface area contributed by atoms with Gasteiger partial charge in [-0.05, 0) is 48.5 Å². The molecular formula is C19H15N5O3. The van der Waals surface area contributed by atoms with Crippen LogP contribution in [0.1, 0.15) is 10.6 Å². The van der Waals surface area contributed by atoms with Gasteiger partial charge in [-0.1, -0.05) is 17.3 Å². The highest BCUT2D eigenvalue weighted by Crippen LogP contribution is 2.15. The van der Waals surface area contributed by atoms with Crippen molar-refractivity contribution in [1.82, 2.24) is 15.0 Å². The minimum atomic E-state index is -0.338. The molecule has 4 rings (SSSR count). The smallest absolute Gasteiger partial charge is 0.291 e. The minimum Gasteiger partial charge on any atom is -0.459 e. The molecule has 0 atom stereocenters. The molecule has 0 aliphatic rings. The van der Waals surface area contributed by atoms with E-state index in [9.17, 15) is 9.59 Å². The van der Waals surface area contributed by atoms with Crippen molar-refractivity contribution >= 4 is 34.2 Å². The first-order valence-corrected chi connectivity index (χ1v) is 8.22. The minimum absolute atomic E-state index is 0.0531. The number of para-hydroxylation sites is 1. The highest BCUT2D eigenvalue weighted by atomic mass is 16.3. The monoisotopic (exact) mass is 361 g/mol. The van der Waals surface area contributed by atoms with Crippen LogP contribution in [0, 0.1) is 0 Å². The van der Waals surface area contributed by atoms with E-state index in [0.717, 1.165) is 11.0 Å². The summed E-state index contributed by atoms with van der Waals surface area (Å²) in [4.78, 5) is 24.2. The number of benzene rings is 2. The number of nitrogens with zero attached hydrogens (tertiary/aromatic N) is 3. The Balaban J connectivity index is 1.38. The number of furan rings is 1. The second kappa shape index (κ2) is 7.12. The van der Waals surface area contributed by atoms with Gasteiger partial charge in [-0.2, -0.15) is 0 Å². The van der Waals surface area contributed by atoms with E-state index in [-0.39, 0.29) is 24.1 Å². The molecule has 8 nitrogen and oxygen atoms in total. The lowest BCUT2D eigenvalue weighted by atomic mass is 10.2. The molecule has 0 saturated carbocycles. The van der Waals surface area contributed by atoms with Gasteiger partial charge in [0.15, 0.2) is 5.76 Å². The maximum atomic E-state index is 12.3. The lowest BCUT2D eigenvalue weighted by Gasteiger charge is -2.07. The summed E-state index contributed by atoms with van der Waals surface area (Å²) >= 11 is 0. The Hall–Kier alpha value is -3.94. The van der Waals surface area contributed by atoms with Crippen LogP contribution in [-0.4, -0.2) is 26.8 Å². The largest absolute Gasteiger partial charge is 0.459 e. The number of nitrogens with one attached hydrogen (secondary N) is 2. The first-order chi connectivity index (χ1) is 13.2. The number of amides is 2. The number of hydrogen-bond acceptors (Lipinski definition) is 5. The summed E-state index contributed by atoms with van der Waals surface area (Å²) in [6.07, 6.45) is 1.44. The van der Waals surface area contributed by atoms with Crippen LogP contribution in [0.3, 0.4) is 0 Å². The van der Waals surface area contributed by atoms with E-state index in [1.165, 1.54) is 6.26 Å². The van der Waals surface area contributed by atoms with Crippen LogP contribution in [0.25, 0.3) is 11.0 Å². The van der Waals surface area contributed by atoms with E-state index in [1.807, 2.05) is 24.3 Å². The average molecular weight is 361 g/mol. The van der Waals surface area contributed by atoms with Gasteiger partial charge in [-0.3, -0.25) is 9.59 Å². The Morgan fingerprint density at radius 3 is 2.41 bits per heavy atom. The van der Waals surface area contributed by atoms with E-state index in [4.69, 9.17) is 4.42 Å². The lowest BCUT2D eigenvalue weighted by molar-refractivity contribution is -0.116. The number of carbonyl (C=O) groups is 2. The fraction of sp³-hybridized carbons (Fsp3) is 0.0526. The first kappa shape index (κ1) is 16.5. The van der Waals surface area contributed by atoms with Crippen molar-refractivity contribution in [3.63, 3.8) is 0 Å². The highest BCUT2D eigenvalue weighted by molar-refractivity contribution is 6.02. The molecule has 2 aromatic heterocycles. The average Bonchev–Trinajstić information content (AvgIpc) is 3.34. The maximum absolute atomic E-state index is 12.3. The van der Waals surface area contributed by atoms with Gasteiger partial charge < -0.3 is 15.1 Å². The van der Waals surface area contributed by atoms with Gasteiger partial charge in [-0.25, -0.2) is 4.68 Å². The number of aromatic nitrogens is 3.